The first-order valence-corrected chi connectivity index (χ1v) is 4.44. The lowest BCUT2D eigenvalue weighted by atomic mass is 10.1. The van der Waals surface area contributed by atoms with E-state index in [0.29, 0.717) is 17.7 Å². The summed E-state index contributed by atoms with van der Waals surface area (Å²) in [5.74, 6) is 0.557. The highest BCUT2D eigenvalue weighted by Crippen LogP contribution is 2.29. The third-order valence-corrected chi connectivity index (χ3v) is 1.88. The first-order valence-electron chi connectivity index (χ1n) is 3.81. The molecule has 0 saturated carbocycles. The maximum absolute atomic E-state index is 12.2. The lowest BCUT2D eigenvalue weighted by molar-refractivity contribution is -0.137. The van der Waals surface area contributed by atoms with Crippen molar-refractivity contribution in [3.63, 3.8) is 0 Å². The van der Waals surface area contributed by atoms with Gasteiger partial charge in [0, 0.05) is 0 Å². The first kappa shape index (κ1) is 10.4. The highest BCUT2D eigenvalue weighted by atomic mass is 32.1. The highest BCUT2D eigenvalue weighted by molar-refractivity contribution is 7.80. The molecule has 0 atom stereocenters. The Morgan fingerprint density at radius 1 is 1.23 bits per heavy atom. The third-order valence-electron chi connectivity index (χ3n) is 1.65. The average Bonchev–Trinajstić information content (AvgIpc) is 2.04. The number of rotatable bonds is 2. The van der Waals surface area contributed by atoms with Crippen LogP contribution in [-0.4, -0.2) is 5.75 Å². The van der Waals surface area contributed by atoms with Gasteiger partial charge in [0.15, 0.2) is 0 Å². The molecule has 0 aliphatic heterocycles. The van der Waals surface area contributed by atoms with Crippen molar-refractivity contribution in [3.05, 3.63) is 35.4 Å². The summed E-state index contributed by atoms with van der Waals surface area (Å²) in [5, 5.41) is 0. The minimum Gasteiger partial charge on any atom is -0.179 e. The van der Waals surface area contributed by atoms with Crippen LogP contribution < -0.4 is 0 Å². The van der Waals surface area contributed by atoms with Crippen molar-refractivity contribution in [3.8, 4) is 0 Å². The van der Waals surface area contributed by atoms with Gasteiger partial charge in [0.25, 0.3) is 0 Å². The predicted molar refractivity (Wildman–Crippen MR) is 49.0 cm³/mol. The summed E-state index contributed by atoms with van der Waals surface area (Å²) < 4.78 is 36.6. The molecule has 1 rings (SSSR count). The first-order chi connectivity index (χ1) is 6.04. The second kappa shape index (κ2) is 4.05. The van der Waals surface area contributed by atoms with E-state index in [1.165, 1.54) is 6.07 Å². The van der Waals surface area contributed by atoms with E-state index in [4.69, 9.17) is 0 Å². The minimum absolute atomic E-state index is 0.557. The van der Waals surface area contributed by atoms with Crippen molar-refractivity contribution in [2.24, 2.45) is 0 Å². The van der Waals surface area contributed by atoms with Crippen molar-refractivity contribution in [2.75, 3.05) is 5.75 Å². The molecule has 72 valence electrons. The smallest absolute Gasteiger partial charge is 0.179 e. The van der Waals surface area contributed by atoms with E-state index in [1.807, 2.05) is 0 Å². The van der Waals surface area contributed by atoms with Crippen LogP contribution in [0.1, 0.15) is 11.1 Å². The van der Waals surface area contributed by atoms with Crippen LogP contribution in [0.5, 0.6) is 0 Å². The Morgan fingerprint density at radius 2 is 1.92 bits per heavy atom. The molecule has 0 unspecified atom stereocenters. The number of thiol groups is 1. The summed E-state index contributed by atoms with van der Waals surface area (Å²) in [6.07, 6.45) is -3.68. The standard InChI is InChI=1S/C9H9F3S/c10-9(11,12)8-3-1-2-7(6-8)4-5-13/h1-3,6,13H,4-5H2. The molecule has 0 aliphatic carbocycles. The van der Waals surface area contributed by atoms with E-state index in [2.05, 4.69) is 12.6 Å². The van der Waals surface area contributed by atoms with Crippen molar-refractivity contribution in [2.45, 2.75) is 12.6 Å². The summed E-state index contributed by atoms with van der Waals surface area (Å²) in [6.45, 7) is 0. The van der Waals surface area contributed by atoms with Gasteiger partial charge in [-0.05, 0) is 23.8 Å². The SMILES string of the molecule is FC(F)(F)c1cccc(CCS)c1. The topological polar surface area (TPSA) is 0 Å². The predicted octanol–water partition coefficient (Wildman–Crippen LogP) is 3.18. The van der Waals surface area contributed by atoms with Gasteiger partial charge in [-0.3, -0.25) is 0 Å². The van der Waals surface area contributed by atoms with Gasteiger partial charge in [-0.1, -0.05) is 18.2 Å². The fourth-order valence-electron chi connectivity index (χ4n) is 1.03. The Bertz CT molecular complexity index is 280. The fourth-order valence-corrected chi connectivity index (χ4v) is 1.29. The van der Waals surface area contributed by atoms with E-state index in [0.717, 1.165) is 12.1 Å². The summed E-state index contributed by atoms with van der Waals surface area (Å²) in [7, 11) is 0. The van der Waals surface area contributed by atoms with Gasteiger partial charge >= 0.3 is 6.18 Å². The lowest BCUT2D eigenvalue weighted by Gasteiger charge is -2.07. The maximum atomic E-state index is 12.2. The summed E-state index contributed by atoms with van der Waals surface area (Å²) in [5.41, 5.74) is 0.0802. The zero-order valence-corrected chi connectivity index (χ0v) is 7.70. The zero-order valence-electron chi connectivity index (χ0n) is 6.80. The number of benzene rings is 1. The van der Waals surface area contributed by atoms with Crippen LogP contribution >= 0.6 is 12.6 Å². The Labute approximate surface area is 80.2 Å². The van der Waals surface area contributed by atoms with E-state index >= 15 is 0 Å². The van der Waals surface area contributed by atoms with Crippen molar-refractivity contribution < 1.29 is 13.2 Å². The van der Waals surface area contributed by atoms with Crippen LogP contribution in [0.15, 0.2) is 24.3 Å². The normalized spacial score (nSPS) is 11.7. The summed E-state index contributed by atoms with van der Waals surface area (Å²) in [4.78, 5) is 0. The molecule has 0 radical (unpaired) electrons. The van der Waals surface area contributed by atoms with Crippen molar-refractivity contribution in [1.29, 1.82) is 0 Å². The molecule has 0 heterocycles. The van der Waals surface area contributed by atoms with E-state index in [1.54, 1.807) is 6.07 Å². The van der Waals surface area contributed by atoms with E-state index in [9.17, 15) is 13.2 Å². The molecule has 0 spiro atoms. The number of halogens is 3. The molecule has 0 nitrogen and oxygen atoms in total. The molecule has 0 bridgehead atoms. The molecule has 0 aromatic heterocycles. The van der Waals surface area contributed by atoms with Gasteiger partial charge in [-0.15, -0.1) is 0 Å². The number of aryl methyl sites for hydroxylation is 1. The second-order valence-electron chi connectivity index (χ2n) is 2.67. The quantitative estimate of drug-likeness (QED) is 0.706. The minimum atomic E-state index is -4.24. The van der Waals surface area contributed by atoms with Gasteiger partial charge in [-0.2, -0.15) is 25.8 Å². The Balaban J connectivity index is 2.92. The Kier molecular flexibility index (Phi) is 3.25. The molecule has 0 amide bonds. The molecule has 1 aromatic rings. The monoisotopic (exact) mass is 206 g/mol. The van der Waals surface area contributed by atoms with Crippen molar-refractivity contribution in [1.82, 2.24) is 0 Å². The summed E-state index contributed by atoms with van der Waals surface area (Å²) >= 11 is 3.96. The molecule has 0 fully saturated rings. The van der Waals surface area contributed by atoms with Gasteiger partial charge < -0.3 is 0 Å². The van der Waals surface area contributed by atoms with Crippen LogP contribution in [0, 0.1) is 0 Å². The third kappa shape index (κ3) is 2.95. The molecule has 0 N–H and O–H groups in total. The van der Waals surface area contributed by atoms with Gasteiger partial charge in [-0.25, -0.2) is 0 Å². The van der Waals surface area contributed by atoms with Crippen LogP contribution in [0.3, 0.4) is 0 Å². The molecule has 13 heavy (non-hydrogen) atoms. The largest absolute Gasteiger partial charge is 0.416 e. The number of hydrogen-bond donors (Lipinski definition) is 1. The van der Waals surface area contributed by atoms with Crippen LogP contribution in [-0.2, 0) is 12.6 Å². The fraction of sp³-hybridized carbons (Fsp3) is 0.333. The van der Waals surface area contributed by atoms with E-state index < -0.39 is 11.7 Å². The van der Waals surface area contributed by atoms with E-state index in [-0.39, 0.29) is 0 Å². The van der Waals surface area contributed by atoms with Crippen LogP contribution in [0.25, 0.3) is 0 Å². The molecular weight excluding hydrogens is 197 g/mol. The molecular formula is C9H9F3S. The van der Waals surface area contributed by atoms with Gasteiger partial charge in [0.2, 0.25) is 0 Å². The highest BCUT2D eigenvalue weighted by Gasteiger charge is 2.30. The Morgan fingerprint density at radius 3 is 2.46 bits per heavy atom. The second-order valence-corrected chi connectivity index (χ2v) is 3.12. The molecule has 4 heteroatoms. The van der Waals surface area contributed by atoms with Gasteiger partial charge in [0.05, 0.1) is 5.56 Å². The van der Waals surface area contributed by atoms with Crippen LogP contribution in [0.4, 0.5) is 13.2 Å². The zero-order chi connectivity index (χ0) is 9.90. The number of hydrogen-bond acceptors (Lipinski definition) is 1. The lowest BCUT2D eigenvalue weighted by Crippen LogP contribution is -2.05. The number of alkyl halides is 3. The Hall–Kier alpha value is -0.640. The molecule has 1 aromatic carbocycles. The van der Waals surface area contributed by atoms with Crippen molar-refractivity contribution >= 4 is 12.6 Å². The maximum Gasteiger partial charge on any atom is 0.416 e. The molecule has 0 aliphatic rings. The summed E-state index contributed by atoms with van der Waals surface area (Å²) in [6, 6.07) is 5.32. The average molecular weight is 206 g/mol. The van der Waals surface area contributed by atoms with Crippen LogP contribution in [0.2, 0.25) is 0 Å². The molecule has 0 saturated heterocycles. The van der Waals surface area contributed by atoms with Gasteiger partial charge in [0.1, 0.15) is 0 Å².